The SMILES string of the molecule is COCCNC(=O)NC(=O)CN(Cc1ccc(C(=O)NC2CC2)cc1)Cc1ccco1. The van der Waals surface area contributed by atoms with E-state index in [4.69, 9.17) is 9.15 Å². The van der Waals surface area contributed by atoms with Crippen LogP contribution in [0.25, 0.3) is 0 Å². The minimum atomic E-state index is -0.564. The Hall–Kier alpha value is -3.17. The number of methoxy groups -OCH3 is 1. The molecule has 9 heteroatoms. The predicted octanol–water partition coefficient (Wildman–Crippen LogP) is 1.65. The number of urea groups is 1. The van der Waals surface area contributed by atoms with Crippen LogP contribution in [-0.4, -0.2) is 55.6 Å². The molecule has 0 bridgehead atoms. The molecule has 3 N–H and O–H groups in total. The van der Waals surface area contributed by atoms with Crippen LogP contribution in [0.1, 0.15) is 34.5 Å². The third kappa shape index (κ3) is 7.88. The van der Waals surface area contributed by atoms with Gasteiger partial charge in [-0.2, -0.15) is 0 Å². The largest absolute Gasteiger partial charge is 0.468 e. The molecule has 0 radical (unpaired) electrons. The lowest BCUT2D eigenvalue weighted by molar-refractivity contribution is -0.121. The lowest BCUT2D eigenvalue weighted by Gasteiger charge is -2.21. The van der Waals surface area contributed by atoms with Gasteiger partial charge in [0.15, 0.2) is 0 Å². The first-order valence-corrected chi connectivity index (χ1v) is 10.2. The van der Waals surface area contributed by atoms with Gasteiger partial charge in [-0.3, -0.25) is 19.8 Å². The van der Waals surface area contributed by atoms with Gasteiger partial charge >= 0.3 is 6.03 Å². The molecule has 3 rings (SSSR count). The molecule has 9 nitrogen and oxygen atoms in total. The molecular weight excluding hydrogens is 400 g/mol. The first-order chi connectivity index (χ1) is 15.0. The number of hydrogen-bond acceptors (Lipinski definition) is 6. The van der Waals surface area contributed by atoms with Crippen LogP contribution in [-0.2, 0) is 22.6 Å². The van der Waals surface area contributed by atoms with Crippen molar-refractivity contribution in [2.75, 3.05) is 26.8 Å². The maximum Gasteiger partial charge on any atom is 0.321 e. The van der Waals surface area contributed by atoms with E-state index in [1.807, 2.05) is 23.1 Å². The Bertz CT molecular complexity index is 863. The Morgan fingerprint density at radius 3 is 2.55 bits per heavy atom. The summed E-state index contributed by atoms with van der Waals surface area (Å²) in [6, 6.07) is 10.6. The van der Waals surface area contributed by atoms with E-state index in [-0.39, 0.29) is 12.5 Å². The summed E-state index contributed by atoms with van der Waals surface area (Å²) in [7, 11) is 1.53. The summed E-state index contributed by atoms with van der Waals surface area (Å²) in [5, 5.41) is 7.82. The number of nitrogens with zero attached hydrogens (tertiary/aromatic N) is 1. The third-order valence-electron chi connectivity index (χ3n) is 4.71. The number of rotatable bonds is 11. The number of hydrogen-bond donors (Lipinski definition) is 3. The molecule has 166 valence electrons. The van der Waals surface area contributed by atoms with Crippen molar-refractivity contribution >= 4 is 17.8 Å². The Morgan fingerprint density at radius 2 is 1.90 bits per heavy atom. The zero-order valence-electron chi connectivity index (χ0n) is 17.6. The number of carbonyl (C=O) groups is 3. The zero-order valence-corrected chi connectivity index (χ0v) is 17.6. The summed E-state index contributed by atoms with van der Waals surface area (Å²) in [5.74, 6) is 0.208. The maximum atomic E-state index is 12.3. The van der Waals surface area contributed by atoms with Crippen LogP contribution in [0, 0.1) is 0 Å². The molecule has 1 saturated carbocycles. The molecule has 0 atom stereocenters. The second kappa shape index (κ2) is 11.3. The molecule has 1 aromatic heterocycles. The monoisotopic (exact) mass is 428 g/mol. The molecule has 4 amide bonds. The van der Waals surface area contributed by atoms with Gasteiger partial charge in [-0.25, -0.2) is 4.79 Å². The van der Waals surface area contributed by atoms with Crippen molar-refractivity contribution in [1.82, 2.24) is 20.9 Å². The van der Waals surface area contributed by atoms with E-state index in [2.05, 4.69) is 16.0 Å². The highest BCUT2D eigenvalue weighted by Gasteiger charge is 2.23. The smallest absolute Gasteiger partial charge is 0.321 e. The van der Waals surface area contributed by atoms with Gasteiger partial charge in [0, 0.05) is 31.8 Å². The van der Waals surface area contributed by atoms with Gasteiger partial charge in [-0.05, 0) is 42.7 Å². The van der Waals surface area contributed by atoms with E-state index in [1.54, 1.807) is 24.5 Å². The van der Waals surface area contributed by atoms with Crippen molar-refractivity contribution in [3.63, 3.8) is 0 Å². The molecule has 1 aliphatic rings. The molecule has 0 aliphatic heterocycles. The molecule has 1 aliphatic carbocycles. The van der Waals surface area contributed by atoms with Crippen LogP contribution in [0.5, 0.6) is 0 Å². The summed E-state index contributed by atoms with van der Waals surface area (Å²) in [4.78, 5) is 38.1. The molecule has 0 spiro atoms. The summed E-state index contributed by atoms with van der Waals surface area (Å²) < 4.78 is 10.3. The molecule has 0 saturated heterocycles. The highest BCUT2D eigenvalue weighted by Crippen LogP contribution is 2.19. The Labute approximate surface area is 181 Å². The van der Waals surface area contributed by atoms with Crippen molar-refractivity contribution in [3.8, 4) is 0 Å². The number of amides is 4. The number of ether oxygens (including phenoxy) is 1. The summed E-state index contributed by atoms with van der Waals surface area (Å²) in [5.41, 5.74) is 1.55. The van der Waals surface area contributed by atoms with Crippen LogP contribution in [0.4, 0.5) is 4.79 Å². The van der Waals surface area contributed by atoms with E-state index in [0.717, 1.165) is 18.4 Å². The fourth-order valence-electron chi connectivity index (χ4n) is 2.99. The zero-order chi connectivity index (χ0) is 22.1. The quantitative estimate of drug-likeness (QED) is 0.469. The van der Waals surface area contributed by atoms with E-state index < -0.39 is 11.9 Å². The normalized spacial score (nSPS) is 13.1. The van der Waals surface area contributed by atoms with Crippen molar-refractivity contribution in [3.05, 3.63) is 59.5 Å². The fourth-order valence-corrected chi connectivity index (χ4v) is 2.99. The van der Waals surface area contributed by atoms with Gasteiger partial charge in [-0.15, -0.1) is 0 Å². The van der Waals surface area contributed by atoms with Crippen LogP contribution in [0.15, 0.2) is 47.1 Å². The summed E-state index contributed by atoms with van der Waals surface area (Å²) >= 11 is 0. The number of carbonyl (C=O) groups excluding carboxylic acids is 3. The second-order valence-corrected chi connectivity index (χ2v) is 7.47. The molecule has 1 fully saturated rings. The number of furan rings is 1. The van der Waals surface area contributed by atoms with Gasteiger partial charge < -0.3 is 19.8 Å². The van der Waals surface area contributed by atoms with Crippen molar-refractivity contribution < 1.29 is 23.5 Å². The average Bonchev–Trinajstić information content (AvgIpc) is 3.40. The topological polar surface area (TPSA) is 113 Å². The standard InChI is InChI=1S/C22H28N4O5/c1-30-12-10-23-22(29)25-20(27)15-26(14-19-3-2-11-31-19)13-16-4-6-17(7-5-16)21(28)24-18-8-9-18/h2-7,11,18H,8-10,12-15H2,1H3,(H,24,28)(H2,23,25,27,29). The van der Waals surface area contributed by atoms with Gasteiger partial charge in [0.2, 0.25) is 5.91 Å². The molecule has 2 aromatic rings. The molecule has 31 heavy (non-hydrogen) atoms. The average molecular weight is 428 g/mol. The van der Waals surface area contributed by atoms with Gasteiger partial charge in [-0.1, -0.05) is 12.1 Å². The van der Waals surface area contributed by atoms with Gasteiger partial charge in [0.05, 0.1) is 26.0 Å². The van der Waals surface area contributed by atoms with Crippen LogP contribution in [0.3, 0.4) is 0 Å². The summed E-state index contributed by atoms with van der Waals surface area (Å²) in [6.07, 6.45) is 3.65. The Morgan fingerprint density at radius 1 is 1.13 bits per heavy atom. The van der Waals surface area contributed by atoms with Crippen LogP contribution in [0.2, 0.25) is 0 Å². The molecule has 0 unspecified atom stereocenters. The minimum Gasteiger partial charge on any atom is -0.468 e. The molecule has 1 aromatic carbocycles. The van der Waals surface area contributed by atoms with Gasteiger partial charge in [0.25, 0.3) is 5.91 Å². The van der Waals surface area contributed by atoms with Crippen molar-refractivity contribution in [2.45, 2.75) is 32.0 Å². The predicted molar refractivity (Wildman–Crippen MR) is 113 cm³/mol. The van der Waals surface area contributed by atoms with Crippen molar-refractivity contribution in [1.29, 1.82) is 0 Å². The number of imide groups is 1. The molecule has 1 heterocycles. The first kappa shape index (κ1) is 22.5. The van der Waals surface area contributed by atoms with Crippen LogP contribution < -0.4 is 16.0 Å². The van der Waals surface area contributed by atoms with Crippen LogP contribution >= 0.6 is 0 Å². The van der Waals surface area contributed by atoms with E-state index in [9.17, 15) is 14.4 Å². The second-order valence-electron chi connectivity index (χ2n) is 7.47. The summed E-state index contributed by atoms with van der Waals surface area (Å²) in [6.45, 7) is 1.52. The lowest BCUT2D eigenvalue weighted by atomic mass is 10.1. The van der Waals surface area contributed by atoms with Crippen molar-refractivity contribution in [2.24, 2.45) is 0 Å². The van der Waals surface area contributed by atoms with Gasteiger partial charge in [0.1, 0.15) is 5.76 Å². The van der Waals surface area contributed by atoms with E-state index >= 15 is 0 Å². The Kier molecular flexibility index (Phi) is 8.19. The van der Waals surface area contributed by atoms with E-state index in [0.29, 0.717) is 43.6 Å². The Balaban J connectivity index is 1.57. The maximum absolute atomic E-state index is 12.3. The highest BCUT2D eigenvalue weighted by molar-refractivity contribution is 5.95. The number of benzene rings is 1. The fraction of sp³-hybridized carbons (Fsp3) is 0.409. The molecular formula is C22H28N4O5. The number of nitrogens with one attached hydrogen (secondary N) is 3. The highest BCUT2D eigenvalue weighted by atomic mass is 16.5. The lowest BCUT2D eigenvalue weighted by Crippen LogP contribution is -2.45. The van der Waals surface area contributed by atoms with E-state index in [1.165, 1.54) is 7.11 Å². The third-order valence-corrected chi connectivity index (χ3v) is 4.71. The first-order valence-electron chi connectivity index (χ1n) is 10.2. The minimum absolute atomic E-state index is 0.00230.